The van der Waals surface area contributed by atoms with Crippen molar-refractivity contribution in [2.45, 2.75) is 24.6 Å². The molecule has 1 amide bonds. The van der Waals surface area contributed by atoms with Gasteiger partial charge < -0.3 is 15.0 Å². The maximum atomic E-state index is 11.9. The molecule has 1 spiro atoms. The summed E-state index contributed by atoms with van der Waals surface area (Å²) in [4.78, 5) is 16.5. The first-order valence-corrected chi connectivity index (χ1v) is 6.96. The fourth-order valence-corrected chi connectivity index (χ4v) is 2.95. The number of nitrogens with one attached hydrogen (secondary N) is 1. The molecule has 2 aliphatic rings. The van der Waals surface area contributed by atoms with Crippen molar-refractivity contribution in [1.29, 1.82) is 0 Å². The van der Waals surface area contributed by atoms with Crippen LogP contribution in [0.5, 0.6) is 0 Å². The lowest BCUT2D eigenvalue weighted by Crippen LogP contribution is -2.68. The number of nitrogens with zero attached hydrogens (tertiary/aromatic N) is 4. The van der Waals surface area contributed by atoms with Gasteiger partial charge in [0.05, 0.1) is 11.6 Å². The molecule has 21 heavy (non-hydrogen) atoms. The Labute approximate surface area is 122 Å². The van der Waals surface area contributed by atoms with Gasteiger partial charge >= 0.3 is 6.09 Å². The molecule has 0 bridgehead atoms. The van der Waals surface area contributed by atoms with Gasteiger partial charge in [-0.3, -0.25) is 0 Å². The number of ether oxygens (including phenoxy) is 1. The lowest BCUT2D eigenvalue weighted by atomic mass is 9.88. The second kappa shape index (κ2) is 5.63. The van der Waals surface area contributed by atoms with E-state index in [1.54, 1.807) is 4.90 Å². The molecule has 1 aromatic carbocycles. The fraction of sp³-hybridized carbons (Fsp3) is 0.500. The number of hydrogen-bond donors (Lipinski definition) is 1. The Hall–Kier alpha value is -2.24. The van der Waals surface area contributed by atoms with Crippen LogP contribution in [-0.4, -0.2) is 42.2 Å². The summed E-state index contributed by atoms with van der Waals surface area (Å²) in [6.07, 6.45) is 0.484. The molecule has 7 nitrogen and oxygen atoms in total. The first-order valence-electron chi connectivity index (χ1n) is 6.96. The minimum atomic E-state index is -0.293. The van der Waals surface area contributed by atoms with Gasteiger partial charge in [0.15, 0.2) is 0 Å². The Morgan fingerprint density at radius 3 is 2.95 bits per heavy atom. The van der Waals surface area contributed by atoms with Crippen molar-refractivity contribution >= 4 is 6.09 Å². The smallest absolute Gasteiger partial charge is 0.410 e. The van der Waals surface area contributed by atoms with Crippen molar-refractivity contribution in [3.8, 4) is 0 Å². The highest BCUT2D eigenvalue weighted by Gasteiger charge is 2.49. The van der Waals surface area contributed by atoms with Crippen LogP contribution in [0.2, 0.25) is 0 Å². The van der Waals surface area contributed by atoms with Crippen molar-refractivity contribution in [2.75, 3.05) is 19.6 Å². The summed E-state index contributed by atoms with van der Waals surface area (Å²) in [5, 5.41) is 7.08. The summed E-state index contributed by atoms with van der Waals surface area (Å²) in [6, 6.07) is 9.59. The number of benzene rings is 1. The van der Waals surface area contributed by atoms with E-state index >= 15 is 0 Å². The van der Waals surface area contributed by atoms with E-state index in [-0.39, 0.29) is 24.3 Å². The topological polar surface area (TPSA) is 90.3 Å². The van der Waals surface area contributed by atoms with Gasteiger partial charge in [0.1, 0.15) is 6.61 Å². The maximum Gasteiger partial charge on any atom is 0.410 e. The Bertz CT molecular complexity index is 564. The summed E-state index contributed by atoms with van der Waals surface area (Å²) in [5.41, 5.74) is 9.33. The molecule has 0 saturated carbocycles. The van der Waals surface area contributed by atoms with Crippen molar-refractivity contribution in [2.24, 2.45) is 5.11 Å². The summed E-state index contributed by atoms with van der Waals surface area (Å²) < 4.78 is 5.29. The van der Waals surface area contributed by atoms with Crippen LogP contribution in [-0.2, 0) is 11.3 Å². The normalized spacial score (nSPS) is 22.5. The van der Waals surface area contributed by atoms with Crippen LogP contribution < -0.4 is 5.32 Å². The molecule has 2 fully saturated rings. The number of hydrogen-bond acceptors (Lipinski definition) is 4. The Balaban J connectivity index is 1.46. The zero-order valence-corrected chi connectivity index (χ0v) is 11.6. The maximum absolute atomic E-state index is 11.9. The molecule has 0 aliphatic carbocycles. The second-order valence-electron chi connectivity index (χ2n) is 5.62. The van der Waals surface area contributed by atoms with Crippen molar-refractivity contribution in [3.63, 3.8) is 0 Å². The van der Waals surface area contributed by atoms with Crippen LogP contribution in [0.3, 0.4) is 0 Å². The highest BCUT2D eigenvalue weighted by Crippen LogP contribution is 2.31. The first kappa shape index (κ1) is 13.7. The van der Waals surface area contributed by atoms with Crippen LogP contribution in [0.15, 0.2) is 35.4 Å². The van der Waals surface area contributed by atoms with E-state index in [1.165, 1.54) is 0 Å². The van der Waals surface area contributed by atoms with E-state index < -0.39 is 0 Å². The lowest BCUT2D eigenvalue weighted by molar-refractivity contribution is 0.0284. The van der Waals surface area contributed by atoms with E-state index in [4.69, 9.17) is 10.3 Å². The van der Waals surface area contributed by atoms with E-state index in [0.29, 0.717) is 19.6 Å². The van der Waals surface area contributed by atoms with Gasteiger partial charge in [-0.05, 0) is 17.5 Å². The number of likely N-dealkylation sites (tertiary alicyclic amines) is 1. The molecule has 1 atom stereocenters. The third-order valence-corrected chi connectivity index (χ3v) is 4.00. The van der Waals surface area contributed by atoms with E-state index in [0.717, 1.165) is 12.0 Å². The van der Waals surface area contributed by atoms with Crippen molar-refractivity contribution < 1.29 is 9.53 Å². The SMILES string of the molecule is [N-]=[N+]=NC1CNC2(C1)CN(C(=O)OCc1ccccc1)C2. The molecular weight excluding hydrogens is 270 g/mol. The molecule has 1 unspecified atom stereocenters. The minimum Gasteiger partial charge on any atom is -0.445 e. The first-order chi connectivity index (χ1) is 10.2. The molecular formula is C14H17N5O2. The van der Waals surface area contributed by atoms with Crippen LogP contribution >= 0.6 is 0 Å². The van der Waals surface area contributed by atoms with E-state index in [9.17, 15) is 4.79 Å². The van der Waals surface area contributed by atoms with Gasteiger partial charge in [0, 0.05) is 24.5 Å². The standard InChI is InChI=1S/C14H17N5O2/c15-18-17-12-6-14(16-7-12)9-19(10-14)13(20)21-8-11-4-2-1-3-5-11/h1-5,12,16H,6-10H2. The average molecular weight is 287 g/mol. The Morgan fingerprint density at radius 2 is 2.24 bits per heavy atom. The molecule has 1 aromatic rings. The van der Waals surface area contributed by atoms with Gasteiger partial charge in [-0.1, -0.05) is 35.4 Å². The van der Waals surface area contributed by atoms with Crippen LogP contribution in [0, 0.1) is 0 Å². The van der Waals surface area contributed by atoms with Crippen LogP contribution in [0.25, 0.3) is 10.4 Å². The van der Waals surface area contributed by atoms with Crippen LogP contribution in [0.4, 0.5) is 4.79 Å². The molecule has 7 heteroatoms. The zero-order valence-electron chi connectivity index (χ0n) is 11.6. The van der Waals surface area contributed by atoms with Gasteiger partial charge in [-0.25, -0.2) is 4.79 Å². The number of carbonyl (C=O) groups is 1. The number of azide groups is 1. The number of amides is 1. The molecule has 0 radical (unpaired) electrons. The number of rotatable bonds is 3. The van der Waals surface area contributed by atoms with E-state index in [2.05, 4.69) is 15.3 Å². The Kier molecular flexibility index (Phi) is 3.68. The monoisotopic (exact) mass is 287 g/mol. The highest BCUT2D eigenvalue weighted by atomic mass is 16.6. The molecule has 3 rings (SSSR count). The fourth-order valence-electron chi connectivity index (χ4n) is 2.95. The Morgan fingerprint density at radius 1 is 1.48 bits per heavy atom. The number of carbonyl (C=O) groups excluding carboxylic acids is 1. The molecule has 2 aliphatic heterocycles. The van der Waals surface area contributed by atoms with Gasteiger partial charge in [-0.2, -0.15) is 0 Å². The average Bonchev–Trinajstić information content (AvgIpc) is 2.89. The highest BCUT2D eigenvalue weighted by molar-refractivity contribution is 5.69. The molecule has 110 valence electrons. The van der Waals surface area contributed by atoms with Crippen LogP contribution in [0.1, 0.15) is 12.0 Å². The third-order valence-electron chi connectivity index (χ3n) is 4.00. The molecule has 0 aromatic heterocycles. The van der Waals surface area contributed by atoms with Crippen molar-refractivity contribution in [1.82, 2.24) is 10.2 Å². The lowest BCUT2D eigenvalue weighted by Gasteiger charge is -2.47. The summed E-state index contributed by atoms with van der Waals surface area (Å²) >= 11 is 0. The molecule has 2 heterocycles. The zero-order chi connectivity index (χ0) is 14.7. The molecule has 2 saturated heterocycles. The third kappa shape index (κ3) is 2.94. The van der Waals surface area contributed by atoms with E-state index in [1.807, 2.05) is 30.3 Å². The predicted molar refractivity (Wildman–Crippen MR) is 76.5 cm³/mol. The minimum absolute atomic E-state index is 0.0162. The predicted octanol–water partition coefficient (Wildman–Crippen LogP) is 2.05. The van der Waals surface area contributed by atoms with Gasteiger partial charge in [0.25, 0.3) is 0 Å². The second-order valence-corrected chi connectivity index (χ2v) is 5.62. The van der Waals surface area contributed by atoms with Gasteiger partial charge in [-0.15, -0.1) is 0 Å². The quantitative estimate of drug-likeness (QED) is 0.524. The summed E-state index contributed by atoms with van der Waals surface area (Å²) in [7, 11) is 0. The molecule has 1 N–H and O–H groups in total. The van der Waals surface area contributed by atoms with Gasteiger partial charge in [0.2, 0.25) is 0 Å². The largest absolute Gasteiger partial charge is 0.445 e. The van der Waals surface area contributed by atoms with Crippen molar-refractivity contribution in [3.05, 3.63) is 46.3 Å². The summed E-state index contributed by atoms with van der Waals surface area (Å²) in [5.74, 6) is 0. The summed E-state index contributed by atoms with van der Waals surface area (Å²) in [6.45, 7) is 2.19.